The van der Waals surface area contributed by atoms with Crippen LogP contribution in [0.5, 0.6) is 0 Å². The van der Waals surface area contributed by atoms with E-state index in [1.54, 1.807) is 0 Å². The summed E-state index contributed by atoms with van der Waals surface area (Å²) >= 11 is 0. The first kappa shape index (κ1) is 14.0. The van der Waals surface area contributed by atoms with Crippen LogP contribution in [-0.4, -0.2) is 23.8 Å². The summed E-state index contributed by atoms with van der Waals surface area (Å²) in [6.07, 6.45) is 3.65. The summed E-state index contributed by atoms with van der Waals surface area (Å²) in [6.45, 7) is 2.02. The Morgan fingerprint density at radius 2 is 1.38 bits per heavy atom. The van der Waals surface area contributed by atoms with Gasteiger partial charge in [0.1, 0.15) is 0 Å². The minimum Gasteiger partial charge on any atom is -0.292 e. The number of hydrogen-bond acceptors (Lipinski definition) is 2. The fraction of sp³-hybridized carbons (Fsp3) is 0.316. The van der Waals surface area contributed by atoms with Gasteiger partial charge in [-0.3, -0.25) is 9.69 Å². The number of carbonyl (C=O) groups excluding carboxylic acids is 1. The fourth-order valence-electron chi connectivity index (χ4n) is 3.10. The van der Waals surface area contributed by atoms with Crippen molar-refractivity contribution in [1.82, 2.24) is 4.90 Å². The second-order valence-electron chi connectivity index (χ2n) is 5.64. The van der Waals surface area contributed by atoms with E-state index in [4.69, 9.17) is 0 Å². The van der Waals surface area contributed by atoms with Gasteiger partial charge in [-0.1, -0.05) is 67.1 Å². The van der Waals surface area contributed by atoms with Crippen molar-refractivity contribution in [3.63, 3.8) is 0 Å². The number of rotatable bonds is 4. The Hall–Kier alpha value is -1.93. The third-order valence-electron chi connectivity index (χ3n) is 4.18. The second-order valence-corrected chi connectivity index (χ2v) is 5.64. The van der Waals surface area contributed by atoms with E-state index in [0.29, 0.717) is 0 Å². The molecule has 1 heterocycles. The number of Topliss-reactive ketones (excluding diaryl/α,β-unsaturated/α-hetero) is 1. The summed E-state index contributed by atoms with van der Waals surface area (Å²) in [7, 11) is 0. The van der Waals surface area contributed by atoms with E-state index in [9.17, 15) is 4.79 Å². The standard InChI is InChI=1S/C19H21NO/c21-19(17-12-6-2-7-13-17)18(16-10-4-1-5-11-16)20-14-8-3-9-15-20/h1-2,4-7,10-13,18H,3,8-9,14-15H2/t18-/m1/s1. The van der Waals surface area contributed by atoms with Gasteiger partial charge in [0.25, 0.3) is 0 Å². The topological polar surface area (TPSA) is 20.3 Å². The van der Waals surface area contributed by atoms with E-state index in [-0.39, 0.29) is 11.8 Å². The first-order valence-corrected chi connectivity index (χ1v) is 7.74. The molecule has 2 nitrogen and oxygen atoms in total. The largest absolute Gasteiger partial charge is 0.292 e. The van der Waals surface area contributed by atoms with E-state index in [0.717, 1.165) is 24.2 Å². The lowest BCUT2D eigenvalue weighted by Crippen LogP contribution is -2.38. The highest BCUT2D eigenvalue weighted by Gasteiger charge is 2.29. The molecule has 1 atom stereocenters. The van der Waals surface area contributed by atoms with Crippen LogP contribution >= 0.6 is 0 Å². The van der Waals surface area contributed by atoms with Gasteiger partial charge in [0.05, 0.1) is 6.04 Å². The maximum atomic E-state index is 13.0. The molecule has 21 heavy (non-hydrogen) atoms. The second kappa shape index (κ2) is 6.68. The van der Waals surface area contributed by atoms with Gasteiger partial charge in [-0.2, -0.15) is 0 Å². The van der Waals surface area contributed by atoms with Crippen molar-refractivity contribution in [3.05, 3.63) is 71.8 Å². The molecule has 2 heteroatoms. The molecule has 2 aromatic carbocycles. The van der Waals surface area contributed by atoms with Crippen LogP contribution in [0.15, 0.2) is 60.7 Å². The van der Waals surface area contributed by atoms with Crippen molar-refractivity contribution in [1.29, 1.82) is 0 Å². The summed E-state index contributed by atoms with van der Waals surface area (Å²) in [5, 5.41) is 0. The van der Waals surface area contributed by atoms with E-state index in [2.05, 4.69) is 17.0 Å². The Kier molecular flexibility index (Phi) is 4.46. The van der Waals surface area contributed by atoms with Crippen LogP contribution in [0.4, 0.5) is 0 Å². The van der Waals surface area contributed by atoms with Gasteiger partial charge in [-0.05, 0) is 31.5 Å². The monoisotopic (exact) mass is 279 g/mol. The first-order chi connectivity index (χ1) is 10.4. The third kappa shape index (κ3) is 3.22. The number of benzene rings is 2. The fourth-order valence-corrected chi connectivity index (χ4v) is 3.10. The van der Waals surface area contributed by atoms with Crippen LogP contribution in [0.3, 0.4) is 0 Å². The normalized spacial score (nSPS) is 17.3. The lowest BCUT2D eigenvalue weighted by molar-refractivity contribution is 0.0783. The van der Waals surface area contributed by atoms with Crippen molar-refractivity contribution in [2.45, 2.75) is 25.3 Å². The summed E-state index contributed by atoms with van der Waals surface area (Å²) < 4.78 is 0. The third-order valence-corrected chi connectivity index (χ3v) is 4.18. The molecule has 1 aliphatic heterocycles. The van der Waals surface area contributed by atoms with E-state index in [1.807, 2.05) is 48.5 Å². The SMILES string of the molecule is O=C(c1ccccc1)[C@@H](c1ccccc1)N1CCCCC1. The highest BCUT2D eigenvalue weighted by atomic mass is 16.1. The highest BCUT2D eigenvalue weighted by Crippen LogP contribution is 2.28. The van der Waals surface area contributed by atoms with Crippen molar-refractivity contribution in [3.8, 4) is 0 Å². The Morgan fingerprint density at radius 1 is 0.810 bits per heavy atom. The number of hydrogen-bond donors (Lipinski definition) is 0. The Bertz CT molecular complexity index is 573. The van der Waals surface area contributed by atoms with Crippen LogP contribution in [0.2, 0.25) is 0 Å². The van der Waals surface area contributed by atoms with Gasteiger partial charge in [-0.25, -0.2) is 0 Å². The Labute approximate surface area is 126 Å². The van der Waals surface area contributed by atoms with Crippen LogP contribution in [-0.2, 0) is 0 Å². The molecule has 1 fully saturated rings. The molecular weight excluding hydrogens is 258 g/mol. The zero-order valence-corrected chi connectivity index (χ0v) is 12.2. The smallest absolute Gasteiger partial charge is 0.184 e. The molecule has 108 valence electrons. The van der Waals surface area contributed by atoms with Gasteiger partial charge in [0, 0.05) is 5.56 Å². The van der Waals surface area contributed by atoms with Gasteiger partial charge in [-0.15, -0.1) is 0 Å². The number of ketones is 1. The number of carbonyl (C=O) groups is 1. The summed E-state index contributed by atoms with van der Waals surface area (Å²) in [5.41, 5.74) is 1.91. The van der Waals surface area contributed by atoms with Gasteiger partial charge in [0.15, 0.2) is 5.78 Å². The number of nitrogens with zero attached hydrogens (tertiary/aromatic N) is 1. The summed E-state index contributed by atoms with van der Waals surface area (Å²) in [4.78, 5) is 15.3. The molecule has 1 aliphatic rings. The highest BCUT2D eigenvalue weighted by molar-refractivity contribution is 6.00. The average molecular weight is 279 g/mol. The molecule has 1 saturated heterocycles. The molecule has 0 aliphatic carbocycles. The minimum absolute atomic E-state index is 0.145. The van der Waals surface area contributed by atoms with Gasteiger partial charge in [0.2, 0.25) is 0 Å². The number of piperidine rings is 1. The van der Waals surface area contributed by atoms with E-state index < -0.39 is 0 Å². The Morgan fingerprint density at radius 3 is 2.00 bits per heavy atom. The minimum atomic E-state index is -0.145. The number of likely N-dealkylation sites (tertiary alicyclic amines) is 1. The molecule has 0 aromatic heterocycles. The van der Waals surface area contributed by atoms with Crippen LogP contribution in [0.25, 0.3) is 0 Å². The van der Waals surface area contributed by atoms with Crippen molar-refractivity contribution in [2.24, 2.45) is 0 Å². The van der Waals surface area contributed by atoms with Crippen LogP contribution < -0.4 is 0 Å². The molecule has 0 bridgehead atoms. The van der Waals surface area contributed by atoms with Crippen molar-refractivity contribution < 1.29 is 4.79 Å². The zero-order chi connectivity index (χ0) is 14.5. The maximum absolute atomic E-state index is 13.0. The molecule has 0 spiro atoms. The first-order valence-electron chi connectivity index (χ1n) is 7.74. The Balaban J connectivity index is 1.94. The lowest BCUT2D eigenvalue weighted by atomic mass is 9.94. The van der Waals surface area contributed by atoms with Gasteiger partial charge >= 0.3 is 0 Å². The molecule has 0 unspecified atom stereocenters. The average Bonchev–Trinajstić information content (AvgIpc) is 2.58. The molecule has 0 saturated carbocycles. The quantitative estimate of drug-likeness (QED) is 0.785. The predicted molar refractivity (Wildman–Crippen MR) is 85.4 cm³/mol. The molecule has 0 N–H and O–H groups in total. The maximum Gasteiger partial charge on any atom is 0.184 e. The van der Waals surface area contributed by atoms with E-state index >= 15 is 0 Å². The molecular formula is C19H21NO. The summed E-state index contributed by atoms with van der Waals surface area (Å²) in [5.74, 6) is 0.212. The lowest BCUT2D eigenvalue weighted by Gasteiger charge is -2.34. The van der Waals surface area contributed by atoms with Crippen molar-refractivity contribution >= 4 is 5.78 Å². The van der Waals surface area contributed by atoms with Crippen molar-refractivity contribution in [2.75, 3.05) is 13.1 Å². The van der Waals surface area contributed by atoms with E-state index in [1.165, 1.54) is 19.3 Å². The molecule has 2 aromatic rings. The van der Waals surface area contributed by atoms with Crippen LogP contribution in [0.1, 0.15) is 41.2 Å². The molecule has 0 amide bonds. The predicted octanol–water partition coefficient (Wildman–Crippen LogP) is 4.10. The molecule has 0 radical (unpaired) electrons. The summed E-state index contributed by atoms with van der Waals surface area (Å²) in [6, 6.07) is 19.7. The molecule has 3 rings (SSSR count). The zero-order valence-electron chi connectivity index (χ0n) is 12.2. The van der Waals surface area contributed by atoms with Crippen LogP contribution in [0, 0.1) is 0 Å². The van der Waals surface area contributed by atoms with Gasteiger partial charge < -0.3 is 0 Å².